The number of hydrogen-bond acceptors (Lipinski definition) is 2. The number of nitrogens with one attached hydrogen (secondary N) is 2. The number of guanidine groups is 1. The number of carbonyl (C=O) groups is 1. The van der Waals surface area contributed by atoms with Crippen LogP contribution in [0.15, 0.2) is 4.99 Å². The van der Waals surface area contributed by atoms with Crippen LogP contribution < -0.4 is 10.6 Å². The fraction of sp³-hybridized carbons (Fsp3) is 0.895. The Labute approximate surface area is 147 Å². The summed E-state index contributed by atoms with van der Waals surface area (Å²) in [5.74, 6) is 1.77. The van der Waals surface area contributed by atoms with E-state index in [0.29, 0.717) is 24.3 Å². The second kappa shape index (κ2) is 9.28. The van der Waals surface area contributed by atoms with Crippen LogP contribution in [-0.4, -0.2) is 49.5 Å². The molecular formula is C19H36N4O. The molecule has 1 aliphatic heterocycles. The van der Waals surface area contributed by atoms with E-state index in [9.17, 15) is 4.79 Å². The average molecular weight is 337 g/mol. The minimum absolute atomic E-state index is 0.272. The van der Waals surface area contributed by atoms with Crippen molar-refractivity contribution in [3.8, 4) is 0 Å². The summed E-state index contributed by atoms with van der Waals surface area (Å²) in [4.78, 5) is 19.1. The number of amides is 1. The summed E-state index contributed by atoms with van der Waals surface area (Å²) in [6.07, 6.45) is 8.10. The largest absolute Gasteiger partial charge is 0.357 e. The third-order valence-corrected chi connectivity index (χ3v) is 5.72. The van der Waals surface area contributed by atoms with Gasteiger partial charge in [-0.1, -0.05) is 20.3 Å². The van der Waals surface area contributed by atoms with Gasteiger partial charge < -0.3 is 15.5 Å². The molecule has 138 valence electrons. The van der Waals surface area contributed by atoms with Crippen LogP contribution in [0.25, 0.3) is 0 Å². The summed E-state index contributed by atoms with van der Waals surface area (Å²) < 4.78 is 0. The summed E-state index contributed by atoms with van der Waals surface area (Å²) in [6, 6.07) is 0. The van der Waals surface area contributed by atoms with E-state index in [1.165, 1.54) is 32.1 Å². The molecule has 0 bridgehead atoms. The first-order valence-corrected chi connectivity index (χ1v) is 9.88. The van der Waals surface area contributed by atoms with Gasteiger partial charge in [-0.2, -0.15) is 0 Å². The second-order valence-corrected chi connectivity index (χ2v) is 7.67. The lowest BCUT2D eigenvalue weighted by Gasteiger charge is -2.40. The van der Waals surface area contributed by atoms with Gasteiger partial charge in [0.15, 0.2) is 5.96 Å². The minimum atomic E-state index is 0.272. The molecule has 2 N–H and O–H groups in total. The lowest BCUT2D eigenvalue weighted by atomic mass is 9.67. The van der Waals surface area contributed by atoms with Gasteiger partial charge in [0.05, 0.1) is 0 Å². The van der Waals surface area contributed by atoms with E-state index in [-0.39, 0.29) is 5.91 Å². The molecule has 1 atom stereocenters. The molecule has 2 rings (SSSR count). The second-order valence-electron chi connectivity index (χ2n) is 7.67. The summed E-state index contributed by atoms with van der Waals surface area (Å²) in [6.45, 7) is 10.8. The zero-order valence-electron chi connectivity index (χ0n) is 15.9. The lowest BCUT2D eigenvalue weighted by Crippen LogP contribution is -2.43. The Kier molecular flexibility index (Phi) is 7.38. The highest BCUT2D eigenvalue weighted by Crippen LogP contribution is 2.43. The summed E-state index contributed by atoms with van der Waals surface area (Å²) in [5, 5.41) is 6.64. The van der Waals surface area contributed by atoms with Gasteiger partial charge in [0, 0.05) is 39.1 Å². The molecule has 2 aliphatic rings. The molecule has 1 saturated carbocycles. The normalized spacial score (nSPS) is 23.5. The molecule has 0 radical (unpaired) electrons. The molecule has 0 spiro atoms. The molecule has 0 aromatic heterocycles. The van der Waals surface area contributed by atoms with E-state index in [4.69, 9.17) is 4.99 Å². The number of hydrogen-bond donors (Lipinski definition) is 2. The Hall–Kier alpha value is -1.26. The monoisotopic (exact) mass is 336 g/mol. The summed E-state index contributed by atoms with van der Waals surface area (Å²) >= 11 is 0. The van der Waals surface area contributed by atoms with Crippen LogP contribution in [0.1, 0.15) is 65.7 Å². The van der Waals surface area contributed by atoms with Gasteiger partial charge in [-0.25, -0.2) is 0 Å². The number of nitrogens with zero attached hydrogens (tertiary/aromatic N) is 2. The number of rotatable bonds is 7. The van der Waals surface area contributed by atoms with E-state index >= 15 is 0 Å². The average Bonchev–Trinajstić information content (AvgIpc) is 2.54. The maximum atomic E-state index is 12.3. The third kappa shape index (κ3) is 5.38. The van der Waals surface area contributed by atoms with Gasteiger partial charge in [-0.05, 0) is 50.4 Å². The molecule has 1 saturated heterocycles. The summed E-state index contributed by atoms with van der Waals surface area (Å²) in [7, 11) is 0. The molecule has 1 aliphatic carbocycles. The van der Waals surface area contributed by atoms with Crippen LogP contribution >= 0.6 is 0 Å². The zero-order chi connectivity index (χ0) is 17.4. The SMILES string of the molecule is CCNC(=NCC1(CC)CCC1)NCCC(=O)N1CCCC(C)C1. The van der Waals surface area contributed by atoms with Crippen molar-refractivity contribution in [3.05, 3.63) is 0 Å². The highest BCUT2D eigenvalue weighted by Gasteiger charge is 2.34. The molecule has 1 amide bonds. The van der Waals surface area contributed by atoms with Crippen molar-refractivity contribution in [3.63, 3.8) is 0 Å². The van der Waals surface area contributed by atoms with Gasteiger partial charge in [-0.15, -0.1) is 0 Å². The van der Waals surface area contributed by atoms with E-state index in [1.807, 2.05) is 4.90 Å². The third-order valence-electron chi connectivity index (χ3n) is 5.72. The standard InChI is InChI=1S/C19H36N4O/c1-4-19(10-7-11-19)15-22-18(20-5-2)21-12-9-17(24)23-13-6-8-16(3)14-23/h16H,4-15H2,1-3H3,(H2,20,21,22). The van der Waals surface area contributed by atoms with Gasteiger partial charge in [-0.3, -0.25) is 9.79 Å². The van der Waals surface area contributed by atoms with Gasteiger partial charge in [0.25, 0.3) is 0 Å². The van der Waals surface area contributed by atoms with Crippen LogP contribution in [-0.2, 0) is 4.79 Å². The van der Waals surface area contributed by atoms with Crippen molar-refractivity contribution < 1.29 is 4.79 Å². The van der Waals surface area contributed by atoms with Crippen LogP contribution in [0.3, 0.4) is 0 Å². The van der Waals surface area contributed by atoms with Gasteiger partial charge >= 0.3 is 0 Å². The Balaban J connectivity index is 1.75. The first kappa shape index (κ1) is 19.1. The molecule has 0 aromatic carbocycles. The van der Waals surface area contributed by atoms with Gasteiger partial charge in [0.2, 0.25) is 5.91 Å². The lowest BCUT2D eigenvalue weighted by molar-refractivity contribution is -0.132. The Morgan fingerprint density at radius 2 is 2.04 bits per heavy atom. The Morgan fingerprint density at radius 3 is 2.62 bits per heavy atom. The molecular weight excluding hydrogens is 300 g/mol. The summed E-state index contributed by atoms with van der Waals surface area (Å²) in [5.41, 5.74) is 0.433. The van der Waals surface area contributed by atoms with E-state index in [1.54, 1.807) is 0 Å². The highest BCUT2D eigenvalue weighted by atomic mass is 16.2. The van der Waals surface area contributed by atoms with Gasteiger partial charge in [0.1, 0.15) is 0 Å². The Morgan fingerprint density at radius 1 is 1.25 bits per heavy atom. The van der Waals surface area contributed by atoms with Crippen molar-refractivity contribution in [2.24, 2.45) is 16.3 Å². The number of aliphatic imine (C=N–C) groups is 1. The first-order valence-electron chi connectivity index (χ1n) is 9.88. The predicted octanol–water partition coefficient (Wildman–Crippen LogP) is 2.77. The van der Waals surface area contributed by atoms with Crippen molar-refractivity contribution in [1.29, 1.82) is 0 Å². The molecule has 24 heavy (non-hydrogen) atoms. The Bertz CT molecular complexity index is 426. The van der Waals surface area contributed by atoms with Crippen LogP contribution in [0.5, 0.6) is 0 Å². The number of piperidine rings is 1. The van der Waals surface area contributed by atoms with Crippen molar-refractivity contribution in [1.82, 2.24) is 15.5 Å². The van der Waals surface area contributed by atoms with Crippen LogP contribution in [0.4, 0.5) is 0 Å². The molecule has 1 heterocycles. The maximum absolute atomic E-state index is 12.3. The van der Waals surface area contributed by atoms with E-state index in [0.717, 1.165) is 38.6 Å². The minimum Gasteiger partial charge on any atom is -0.357 e. The molecule has 2 fully saturated rings. The van der Waals surface area contributed by atoms with Crippen molar-refractivity contribution >= 4 is 11.9 Å². The highest BCUT2D eigenvalue weighted by molar-refractivity contribution is 5.81. The number of carbonyl (C=O) groups excluding carboxylic acids is 1. The topological polar surface area (TPSA) is 56.7 Å². The first-order chi connectivity index (χ1) is 11.6. The zero-order valence-corrected chi connectivity index (χ0v) is 15.9. The molecule has 1 unspecified atom stereocenters. The quantitative estimate of drug-likeness (QED) is 0.555. The number of likely N-dealkylation sites (tertiary alicyclic amines) is 1. The maximum Gasteiger partial charge on any atom is 0.224 e. The fourth-order valence-electron chi connectivity index (χ4n) is 3.75. The molecule has 5 heteroatoms. The van der Waals surface area contributed by atoms with E-state index in [2.05, 4.69) is 31.4 Å². The van der Waals surface area contributed by atoms with Crippen LogP contribution in [0.2, 0.25) is 0 Å². The van der Waals surface area contributed by atoms with Crippen molar-refractivity contribution in [2.45, 2.75) is 65.7 Å². The van der Waals surface area contributed by atoms with Crippen LogP contribution in [0, 0.1) is 11.3 Å². The molecule has 5 nitrogen and oxygen atoms in total. The van der Waals surface area contributed by atoms with Crippen molar-refractivity contribution in [2.75, 3.05) is 32.7 Å². The molecule has 0 aromatic rings. The van der Waals surface area contributed by atoms with E-state index < -0.39 is 0 Å². The fourth-order valence-corrected chi connectivity index (χ4v) is 3.75. The smallest absolute Gasteiger partial charge is 0.224 e. The predicted molar refractivity (Wildman–Crippen MR) is 100 cm³/mol.